The Hall–Kier alpha value is -1.79. The number of hydrogen-bond donors (Lipinski definition) is 1. The molecule has 1 aromatic heterocycles. The Morgan fingerprint density at radius 1 is 1.53 bits per heavy atom. The molecule has 4 nitrogen and oxygen atoms in total. The van der Waals surface area contributed by atoms with E-state index in [9.17, 15) is 18.0 Å². The molecule has 1 heterocycles. The second kappa shape index (κ2) is 5.03. The van der Waals surface area contributed by atoms with Gasteiger partial charge in [0.05, 0.1) is 5.56 Å². The largest absolute Gasteiger partial charge is 0.478 e. The summed E-state index contributed by atoms with van der Waals surface area (Å²) in [5.74, 6) is -1.37. The Balaban J connectivity index is 2.89. The monoisotopic (exact) mass is 249 g/mol. The number of carbonyl (C=O) groups is 1. The first-order chi connectivity index (χ1) is 7.83. The number of rotatable bonds is 4. The van der Waals surface area contributed by atoms with Crippen LogP contribution in [-0.2, 0) is 6.42 Å². The highest BCUT2D eigenvalue weighted by Gasteiger charge is 2.29. The molecule has 0 aromatic carbocycles. The molecule has 0 bridgehead atoms. The van der Waals surface area contributed by atoms with Crippen LogP contribution in [0.15, 0.2) is 12.3 Å². The topological polar surface area (TPSA) is 59.4 Å². The Morgan fingerprint density at radius 3 is 2.65 bits per heavy atom. The van der Waals surface area contributed by atoms with Crippen LogP contribution in [0, 0.1) is 0 Å². The van der Waals surface area contributed by atoms with Gasteiger partial charge in [0.15, 0.2) is 6.61 Å². The van der Waals surface area contributed by atoms with E-state index >= 15 is 0 Å². The molecule has 0 fully saturated rings. The summed E-state index contributed by atoms with van der Waals surface area (Å²) in [5, 5.41) is 8.69. The molecule has 17 heavy (non-hydrogen) atoms. The molecular weight excluding hydrogens is 239 g/mol. The summed E-state index contributed by atoms with van der Waals surface area (Å²) in [7, 11) is 0. The number of aromatic carboxylic acids is 1. The SMILES string of the molecule is CCc1cc(C(=O)O)cnc1OCC(F)(F)F. The number of halogens is 3. The van der Waals surface area contributed by atoms with Crippen molar-refractivity contribution in [3.8, 4) is 5.88 Å². The van der Waals surface area contributed by atoms with Gasteiger partial charge in [-0.3, -0.25) is 0 Å². The van der Waals surface area contributed by atoms with Crippen LogP contribution < -0.4 is 4.74 Å². The fourth-order valence-electron chi connectivity index (χ4n) is 1.15. The minimum atomic E-state index is -4.45. The summed E-state index contributed by atoms with van der Waals surface area (Å²) in [5.41, 5.74) is 0.246. The van der Waals surface area contributed by atoms with E-state index in [1.165, 1.54) is 6.07 Å². The minimum absolute atomic E-state index is 0.0822. The van der Waals surface area contributed by atoms with Gasteiger partial charge in [-0.1, -0.05) is 6.92 Å². The highest BCUT2D eigenvalue weighted by atomic mass is 19.4. The summed E-state index contributed by atoms with van der Waals surface area (Å²) >= 11 is 0. The molecule has 94 valence electrons. The van der Waals surface area contributed by atoms with Crippen LogP contribution in [-0.4, -0.2) is 28.8 Å². The average molecular weight is 249 g/mol. The van der Waals surface area contributed by atoms with Crippen molar-refractivity contribution < 1.29 is 27.8 Å². The van der Waals surface area contributed by atoms with Crippen LogP contribution in [0.25, 0.3) is 0 Å². The third-order valence-corrected chi connectivity index (χ3v) is 1.93. The maximum atomic E-state index is 11.9. The standard InChI is InChI=1S/C10H10F3NO3/c1-2-6-3-7(9(15)16)4-14-8(6)17-5-10(11,12)13/h3-4H,2,5H2,1H3,(H,15,16). The van der Waals surface area contributed by atoms with Gasteiger partial charge in [0.2, 0.25) is 5.88 Å². The number of hydrogen-bond acceptors (Lipinski definition) is 3. The van der Waals surface area contributed by atoms with Crippen LogP contribution in [0.5, 0.6) is 5.88 Å². The number of carboxylic acid groups (broad SMARTS) is 1. The van der Waals surface area contributed by atoms with Crippen molar-refractivity contribution in [1.29, 1.82) is 0 Å². The lowest BCUT2D eigenvalue weighted by molar-refractivity contribution is -0.154. The molecule has 0 aliphatic rings. The molecule has 0 radical (unpaired) electrons. The zero-order valence-electron chi connectivity index (χ0n) is 8.91. The molecule has 0 atom stereocenters. The van der Waals surface area contributed by atoms with Gasteiger partial charge in [0, 0.05) is 11.8 Å². The summed E-state index contributed by atoms with van der Waals surface area (Å²) < 4.78 is 40.3. The summed E-state index contributed by atoms with van der Waals surface area (Å²) in [6.45, 7) is 0.225. The second-order valence-corrected chi connectivity index (χ2v) is 3.25. The fraction of sp³-hybridized carbons (Fsp3) is 0.400. The molecular formula is C10H10F3NO3. The molecule has 0 saturated carbocycles. The van der Waals surface area contributed by atoms with Gasteiger partial charge in [0.1, 0.15) is 0 Å². The molecule has 0 aliphatic carbocycles. The van der Waals surface area contributed by atoms with Gasteiger partial charge >= 0.3 is 12.1 Å². The number of pyridine rings is 1. The molecule has 1 aromatic rings. The molecule has 1 N–H and O–H groups in total. The van der Waals surface area contributed by atoms with Crippen molar-refractivity contribution in [3.63, 3.8) is 0 Å². The molecule has 1 rings (SSSR count). The first-order valence-corrected chi connectivity index (χ1v) is 4.75. The number of aromatic nitrogens is 1. The second-order valence-electron chi connectivity index (χ2n) is 3.25. The lowest BCUT2D eigenvalue weighted by Crippen LogP contribution is -2.20. The predicted molar refractivity (Wildman–Crippen MR) is 52.1 cm³/mol. The smallest absolute Gasteiger partial charge is 0.422 e. The van der Waals surface area contributed by atoms with Crippen molar-refractivity contribution in [2.75, 3.05) is 6.61 Å². The third kappa shape index (κ3) is 3.93. The van der Waals surface area contributed by atoms with Crippen LogP contribution in [0.4, 0.5) is 13.2 Å². The Kier molecular flexibility index (Phi) is 3.93. The molecule has 0 spiro atoms. The fourth-order valence-corrected chi connectivity index (χ4v) is 1.15. The number of aryl methyl sites for hydroxylation is 1. The lowest BCUT2D eigenvalue weighted by Gasteiger charge is -2.11. The van der Waals surface area contributed by atoms with Crippen LogP contribution in [0.3, 0.4) is 0 Å². The highest BCUT2D eigenvalue weighted by Crippen LogP contribution is 2.21. The molecule has 0 aliphatic heterocycles. The Labute approximate surface area is 95.0 Å². The van der Waals surface area contributed by atoms with Crippen molar-refractivity contribution in [3.05, 3.63) is 23.4 Å². The van der Waals surface area contributed by atoms with E-state index in [1.807, 2.05) is 0 Å². The molecule has 0 saturated heterocycles. The van der Waals surface area contributed by atoms with Crippen molar-refractivity contribution in [2.24, 2.45) is 0 Å². The number of carboxylic acids is 1. The number of ether oxygens (including phenoxy) is 1. The first kappa shape index (κ1) is 13.3. The molecule has 0 unspecified atom stereocenters. The number of alkyl halides is 3. The van der Waals surface area contributed by atoms with Gasteiger partial charge < -0.3 is 9.84 Å². The van der Waals surface area contributed by atoms with E-state index in [-0.39, 0.29) is 11.4 Å². The van der Waals surface area contributed by atoms with Gasteiger partial charge in [0.25, 0.3) is 0 Å². The van der Waals surface area contributed by atoms with Crippen molar-refractivity contribution >= 4 is 5.97 Å². The maximum absolute atomic E-state index is 11.9. The minimum Gasteiger partial charge on any atom is -0.478 e. The normalized spacial score (nSPS) is 11.3. The summed E-state index contributed by atoms with van der Waals surface area (Å²) in [6, 6.07) is 1.25. The quantitative estimate of drug-likeness (QED) is 0.889. The van der Waals surface area contributed by atoms with E-state index in [0.29, 0.717) is 12.0 Å². The Morgan fingerprint density at radius 2 is 2.18 bits per heavy atom. The van der Waals surface area contributed by atoms with Crippen molar-refractivity contribution in [1.82, 2.24) is 4.98 Å². The lowest BCUT2D eigenvalue weighted by atomic mass is 10.1. The van der Waals surface area contributed by atoms with Gasteiger partial charge in [-0.25, -0.2) is 9.78 Å². The van der Waals surface area contributed by atoms with Gasteiger partial charge in [-0.05, 0) is 12.5 Å². The third-order valence-electron chi connectivity index (χ3n) is 1.93. The Bertz CT molecular complexity index is 418. The van der Waals surface area contributed by atoms with E-state index in [2.05, 4.69) is 9.72 Å². The summed E-state index contributed by atoms with van der Waals surface area (Å²) in [6.07, 6.45) is -3.15. The van der Waals surface area contributed by atoms with Crippen LogP contribution >= 0.6 is 0 Å². The van der Waals surface area contributed by atoms with Gasteiger partial charge in [-0.2, -0.15) is 13.2 Å². The number of nitrogens with zero attached hydrogens (tertiary/aromatic N) is 1. The molecule has 7 heteroatoms. The van der Waals surface area contributed by atoms with E-state index in [4.69, 9.17) is 5.11 Å². The van der Waals surface area contributed by atoms with Crippen LogP contribution in [0.2, 0.25) is 0 Å². The van der Waals surface area contributed by atoms with E-state index < -0.39 is 18.8 Å². The highest BCUT2D eigenvalue weighted by molar-refractivity contribution is 5.87. The zero-order valence-corrected chi connectivity index (χ0v) is 8.91. The van der Waals surface area contributed by atoms with Crippen molar-refractivity contribution in [2.45, 2.75) is 19.5 Å². The summed E-state index contributed by atoms with van der Waals surface area (Å²) in [4.78, 5) is 14.2. The zero-order chi connectivity index (χ0) is 13.1. The van der Waals surface area contributed by atoms with Gasteiger partial charge in [-0.15, -0.1) is 0 Å². The molecule has 0 amide bonds. The average Bonchev–Trinajstić information content (AvgIpc) is 2.24. The van der Waals surface area contributed by atoms with E-state index in [1.54, 1.807) is 6.92 Å². The van der Waals surface area contributed by atoms with Crippen LogP contribution in [0.1, 0.15) is 22.8 Å². The predicted octanol–water partition coefficient (Wildman–Crippen LogP) is 2.28. The van der Waals surface area contributed by atoms with E-state index in [0.717, 1.165) is 6.20 Å². The maximum Gasteiger partial charge on any atom is 0.422 e. The first-order valence-electron chi connectivity index (χ1n) is 4.75.